The predicted octanol–water partition coefficient (Wildman–Crippen LogP) is 5.80. The van der Waals surface area contributed by atoms with Gasteiger partial charge in [0.25, 0.3) is 0 Å². The molecule has 0 aliphatic carbocycles. The molecule has 1 aliphatic heterocycles. The Hall–Kier alpha value is -4.16. The largest absolute Gasteiger partial charge is 0.493 e. The van der Waals surface area contributed by atoms with Gasteiger partial charge in [0, 0.05) is 12.8 Å². The molecular formula is C33H41NO10S. The first-order valence-corrected chi connectivity index (χ1v) is 16.6. The first-order chi connectivity index (χ1) is 21.7. The molecule has 1 N–H and O–H groups in total. The fourth-order valence-electron chi connectivity index (χ4n) is 5.09. The standard InChI is InChI=1S/C33H41NO10S/c1-6-41-32-29(42-16-10-15-34-33(35)43-21-22-11-8-7-9-12-22)19-24(20-30(32)45(5,36)37)26-14-13-25(44-26)23-17-27(38-2)31(40-4)28(18-23)39-3/h7-9,11-12,17-20,25-26H,6,10,13-16,21H2,1-5H3,(H,34,35)/t25-,26-/m1/s1. The summed E-state index contributed by atoms with van der Waals surface area (Å²) in [5, 5.41) is 2.70. The Kier molecular flexibility index (Phi) is 11.8. The van der Waals surface area contributed by atoms with Crippen molar-refractivity contribution in [1.82, 2.24) is 5.32 Å². The van der Waals surface area contributed by atoms with E-state index in [1.807, 2.05) is 42.5 Å². The number of sulfone groups is 1. The summed E-state index contributed by atoms with van der Waals surface area (Å²) in [5.41, 5.74) is 2.40. The molecule has 1 fully saturated rings. The van der Waals surface area contributed by atoms with Gasteiger partial charge in [0.1, 0.15) is 11.5 Å². The minimum Gasteiger partial charge on any atom is -0.493 e. The van der Waals surface area contributed by atoms with E-state index in [1.165, 1.54) is 0 Å². The van der Waals surface area contributed by atoms with Crippen LogP contribution in [-0.4, -0.2) is 61.9 Å². The lowest BCUT2D eigenvalue weighted by Gasteiger charge is -2.21. The number of carbonyl (C=O) groups excluding carboxylic acids is 1. The number of ether oxygens (including phenoxy) is 7. The highest BCUT2D eigenvalue weighted by molar-refractivity contribution is 7.90. The summed E-state index contributed by atoms with van der Waals surface area (Å²) in [5.74, 6) is 1.98. The van der Waals surface area contributed by atoms with Crippen LogP contribution in [0.1, 0.15) is 55.1 Å². The first kappa shape index (κ1) is 33.7. The Bertz CT molecular complexity index is 1520. The van der Waals surface area contributed by atoms with Gasteiger partial charge < -0.3 is 38.5 Å². The third-order valence-electron chi connectivity index (χ3n) is 7.24. The third kappa shape index (κ3) is 8.73. The number of hydrogen-bond donors (Lipinski definition) is 1. The van der Waals surface area contributed by atoms with Gasteiger partial charge in [-0.3, -0.25) is 0 Å². The Morgan fingerprint density at radius 3 is 2.07 bits per heavy atom. The number of carbonyl (C=O) groups is 1. The molecule has 0 bridgehead atoms. The van der Waals surface area contributed by atoms with Crippen LogP contribution < -0.4 is 29.0 Å². The maximum atomic E-state index is 12.9. The normalized spacial score (nSPS) is 16.1. The van der Waals surface area contributed by atoms with Crippen molar-refractivity contribution in [3.8, 4) is 28.7 Å². The minimum absolute atomic E-state index is 0.0271. The third-order valence-corrected chi connectivity index (χ3v) is 8.34. The second-order valence-corrected chi connectivity index (χ2v) is 12.4. The molecule has 1 heterocycles. The van der Waals surface area contributed by atoms with Crippen molar-refractivity contribution in [3.63, 3.8) is 0 Å². The van der Waals surface area contributed by atoms with Crippen molar-refractivity contribution in [3.05, 3.63) is 71.3 Å². The maximum absolute atomic E-state index is 12.9. The average Bonchev–Trinajstić information content (AvgIpc) is 3.54. The number of rotatable bonds is 15. The van der Waals surface area contributed by atoms with Crippen LogP contribution in [-0.2, 0) is 25.9 Å². The molecule has 1 aliphatic rings. The second kappa shape index (κ2) is 15.7. The van der Waals surface area contributed by atoms with Gasteiger partial charge in [-0.25, -0.2) is 13.2 Å². The highest BCUT2D eigenvalue weighted by atomic mass is 32.2. The molecule has 0 spiro atoms. The summed E-state index contributed by atoms with van der Waals surface area (Å²) in [4.78, 5) is 12.1. The lowest BCUT2D eigenvalue weighted by atomic mass is 10.0. The molecule has 12 heteroatoms. The zero-order valence-electron chi connectivity index (χ0n) is 26.3. The van der Waals surface area contributed by atoms with Crippen molar-refractivity contribution in [2.75, 3.05) is 47.3 Å². The molecule has 0 radical (unpaired) electrons. The van der Waals surface area contributed by atoms with Gasteiger partial charge >= 0.3 is 6.09 Å². The summed E-state index contributed by atoms with van der Waals surface area (Å²) in [6, 6.07) is 16.5. The van der Waals surface area contributed by atoms with Gasteiger partial charge in [0.05, 0.1) is 46.8 Å². The molecule has 4 rings (SSSR count). The van der Waals surface area contributed by atoms with E-state index in [-0.39, 0.29) is 36.6 Å². The first-order valence-electron chi connectivity index (χ1n) is 14.7. The van der Waals surface area contributed by atoms with Crippen molar-refractivity contribution in [2.24, 2.45) is 0 Å². The van der Waals surface area contributed by atoms with Crippen LogP contribution in [0.3, 0.4) is 0 Å². The monoisotopic (exact) mass is 643 g/mol. The van der Waals surface area contributed by atoms with E-state index in [9.17, 15) is 13.2 Å². The van der Waals surface area contributed by atoms with Crippen LogP contribution in [0.4, 0.5) is 4.79 Å². The van der Waals surface area contributed by atoms with Gasteiger partial charge in [-0.05, 0) is 67.1 Å². The van der Waals surface area contributed by atoms with E-state index < -0.39 is 22.0 Å². The zero-order valence-corrected chi connectivity index (χ0v) is 27.1. The number of hydrogen-bond acceptors (Lipinski definition) is 10. The van der Waals surface area contributed by atoms with Crippen LogP contribution in [0.2, 0.25) is 0 Å². The molecule has 0 saturated carbocycles. The topological polar surface area (TPSA) is 128 Å². The Morgan fingerprint density at radius 2 is 1.49 bits per heavy atom. The molecule has 1 saturated heterocycles. The fourth-order valence-corrected chi connectivity index (χ4v) is 5.93. The number of amides is 1. The van der Waals surface area contributed by atoms with Crippen LogP contribution in [0.15, 0.2) is 59.5 Å². The number of nitrogens with one attached hydrogen (secondary N) is 1. The molecule has 244 valence electrons. The van der Waals surface area contributed by atoms with Gasteiger partial charge in [-0.2, -0.15) is 0 Å². The number of methoxy groups -OCH3 is 3. The maximum Gasteiger partial charge on any atom is 0.407 e. The van der Waals surface area contributed by atoms with E-state index in [4.69, 9.17) is 33.2 Å². The SMILES string of the molecule is CCOc1c(OCCCNC(=O)OCc2ccccc2)cc([C@H]2CC[C@H](c3cc(OC)c(OC)c(OC)c3)O2)cc1S(C)(=O)=O. The summed E-state index contributed by atoms with van der Waals surface area (Å²) in [7, 11) is 0.982. The smallest absolute Gasteiger partial charge is 0.407 e. The quantitative estimate of drug-likeness (QED) is 0.203. The minimum atomic E-state index is -3.68. The van der Waals surface area contributed by atoms with Crippen LogP contribution in [0.5, 0.6) is 28.7 Å². The number of alkyl carbamates (subject to hydrolysis) is 1. The fraction of sp³-hybridized carbons (Fsp3) is 0.424. The van der Waals surface area contributed by atoms with Gasteiger partial charge in [0.2, 0.25) is 5.75 Å². The van der Waals surface area contributed by atoms with Crippen molar-refractivity contribution < 1.29 is 46.4 Å². The second-order valence-electron chi connectivity index (χ2n) is 10.4. The van der Waals surface area contributed by atoms with E-state index in [1.54, 1.807) is 40.4 Å². The highest BCUT2D eigenvalue weighted by Crippen LogP contribution is 2.48. The van der Waals surface area contributed by atoms with E-state index in [2.05, 4.69) is 5.32 Å². The zero-order chi connectivity index (χ0) is 32.4. The van der Waals surface area contributed by atoms with Crippen LogP contribution in [0.25, 0.3) is 0 Å². The molecule has 45 heavy (non-hydrogen) atoms. The van der Waals surface area contributed by atoms with Crippen LogP contribution >= 0.6 is 0 Å². The Balaban J connectivity index is 1.46. The van der Waals surface area contributed by atoms with E-state index in [0.717, 1.165) is 17.4 Å². The molecule has 1 amide bonds. The highest BCUT2D eigenvalue weighted by Gasteiger charge is 2.32. The van der Waals surface area contributed by atoms with Crippen LogP contribution in [0, 0.1) is 0 Å². The predicted molar refractivity (Wildman–Crippen MR) is 167 cm³/mol. The molecule has 0 aromatic heterocycles. The van der Waals surface area contributed by atoms with Crippen molar-refractivity contribution in [1.29, 1.82) is 0 Å². The molecule has 0 unspecified atom stereocenters. The Labute approximate surface area is 264 Å². The summed E-state index contributed by atoms with van der Waals surface area (Å²) < 4.78 is 65.7. The van der Waals surface area contributed by atoms with Crippen molar-refractivity contribution in [2.45, 2.75) is 49.9 Å². The lowest BCUT2D eigenvalue weighted by Crippen LogP contribution is -2.26. The molecule has 2 atom stereocenters. The lowest BCUT2D eigenvalue weighted by molar-refractivity contribution is 0.0435. The summed E-state index contributed by atoms with van der Waals surface area (Å²) in [6.45, 7) is 2.70. The summed E-state index contributed by atoms with van der Waals surface area (Å²) >= 11 is 0. The molecular weight excluding hydrogens is 602 g/mol. The Morgan fingerprint density at radius 1 is 0.867 bits per heavy atom. The van der Waals surface area contributed by atoms with E-state index in [0.29, 0.717) is 54.4 Å². The van der Waals surface area contributed by atoms with Crippen molar-refractivity contribution >= 4 is 15.9 Å². The summed E-state index contributed by atoms with van der Waals surface area (Å²) in [6.07, 6.45) is 1.71. The van der Waals surface area contributed by atoms with E-state index >= 15 is 0 Å². The van der Waals surface area contributed by atoms with Gasteiger partial charge in [-0.15, -0.1) is 0 Å². The molecule has 3 aromatic rings. The average molecular weight is 644 g/mol. The van der Waals surface area contributed by atoms with Gasteiger partial charge in [0.15, 0.2) is 32.8 Å². The van der Waals surface area contributed by atoms with Gasteiger partial charge in [-0.1, -0.05) is 30.3 Å². The molecule has 11 nitrogen and oxygen atoms in total. The molecule has 3 aromatic carbocycles. The number of benzene rings is 3.